The monoisotopic (exact) mass is 223 g/mol. The van der Waals surface area contributed by atoms with Gasteiger partial charge in [-0.2, -0.15) is 0 Å². The zero-order chi connectivity index (χ0) is 12.1. The molecule has 0 fully saturated rings. The third kappa shape index (κ3) is 2.67. The van der Waals surface area contributed by atoms with Gasteiger partial charge in [-0.3, -0.25) is 4.79 Å². The molecule has 1 amide bonds. The number of carbonyl (C=O) groups excluding carboxylic acids is 1. The minimum Gasteiger partial charge on any atom is -0.366 e. The van der Waals surface area contributed by atoms with Crippen LogP contribution in [-0.2, 0) is 0 Å². The summed E-state index contributed by atoms with van der Waals surface area (Å²) in [6.07, 6.45) is 3.21. The number of primary amides is 1. The Morgan fingerprint density at radius 1 is 1.06 bits per heavy atom. The SMILES string of the molecule is NC(=O)c1cccnc1C#Cc1ccccn1. The fraction of sp³-hybridized carbons (Fsp3) is 0. The second kappa shape index (κ2) is 4.90. The van der Waals surface area contributed by atoms with Gasteiger partial charge in [-0.25, -0.2) is 9.97 Å². The van der Waals surface area contributed by atoms with Crippen LogP contribution in [0.15, 0.2) is 42.7 Å². The van der Waals surface area contributed by atoms with E-state index in [9.17, 15) is 4.79 Å². The molecule has 0 atom stereocenters. The van der Waals surface area contributed by atoms with Crippen molar-refractivity contribution in [3.63, 3.8) is 0 Å². The van der Waals surface area contributed by atoms with Gasteiger partial charge in [-0.15, -0.1) is 0 Å². The van der Waals surface area contributed by atoms with Crippen LogP contribution in [0.2, 0.25) is 0 Å². The predicted molar refractivity (Wildman–Crippen MR) is 63.0 cm³/mol. The van der Waals surface area contributed by atoms with Crippen LogP contribution in [-0.4, -0.2) is 15.9 Å². The molecule has 17 heavy (non-hydrogen) atoms. The van der Waals surface area contributed by atoms with Gasteiger partial charge in [0.1, 0.15) is 11.4 Å². The molecule has 0 bridgehead atoms. The molecule has 2 aromatic heterocycles. The molecule has 0 aliphatic heterocycles. The first-order valence-electron chi connectivity index (χ1n) is 4.95. The van der Waals surface area contributed by atoms with Gasteiger partial charge in [0, 0.05) is 12.4 Å². The van der Waals surface area contributed by atoms with Gasteiger partial charge < -0.3 is 5.73 Å². The normalized spacial score (nSPS) is 9.18. The van der Waals surface area contributed by atoms with Crippen LogP contribution in [0.5, 0.6) is 0 Å². The smallest absolute Gasteiger partial charge is 0.251 e. The second-order valence-corrected chi connectivity index (χ2v) is 3.23. The molecule has 0 spiro atoms. The van der Waals surface area contributed by atoms with Gasteiger partial charge in [0.05, 0.1) is 5.56 Å². The Hall–Kier alpha value is -2.67. The molecule has 82 valence electrons. The molecule has 0 unspecified atom stereocenters. The van der Waals surface area contributed by atoms with Crippen LogP contribution in [0.3, 0.4) is 0 Å². The quantitative estimate of drug-likeness (QED) is 0.732. The highest BCUT2D eigenvalue weighted by atomic mass is 16.1. The van der Waals surface area contributed by atoms with Crippen molar-refractivity contribution in [1.82, 2.24) is 9.97 Å². The van der Waals surface area contributed by atoms with Gasteiger partial charge >= 0.3 is 0 Å². The Kier molecular flexibility index (Phi) is 3.13. The molecular formula is C13H9N3O. The number of nitrogens with zero attached hydrogens (tertiary/aromatic N) is 2. The lowest BCUT2D eigenvalue weighted by Crippen LogP contribution is -2.13. The summed E-state index contributed by atoms with van der Waals surface area (Å²) in [6, 6.07) is 8.66. The van der Waals surface area contributed by atoms with Gasteiger partial charge in [-0.1, -0.05) is 6.07 Å². The van der Waals surface area contributed by atoms with Crippen molar-refractivity contribution in [2.45, 2.75) is 0 Å². The molecule has 0 radical (unpaired) electrons. The second-order valence-electron chi connectivity index (χ2n) is 3.23. The van der Waals surface area contributed by atoms with Gasteiger partial charge in [0.25, 0.3) is 5.91 Å². The van der Waals surface area contributed by atoms with E-state index < -0.39 is 5.91 Å². The summed E-state index contributed by atoms with van der Waals surface area (Å²) in [4.78, 5) is 19.2. The Balaban J connectivity index is 2.38. The molecule has 2 heterocycles. The number of rotatable bonds is 1. The first kappa shape index (κ1) is 10.8. The molecule has 4 nitrogen and oxygen atoms in total. The zero-order valence-corrected chi connectivity index (χ0v) is 8.92. The number of amides is 1. The van der Waals surface area contributed by atoms with E-state index in [1.54, 1.807) is 36.7 Å². The highest BCUT2D eigenvalue weighted by Crippen LogP contribution is 2.02. The largest absolute Gasteiger partial charge is 0.366 e. The van der Waals surface area contributed by atoms with Crippen LogP contribution in [0.25, 0.3) is 0 Å². The topological polar surface area (TPSA) is 68.9 Å². The molecule has 0 saturated carbocycles. The summed E-state index contributed by atoms with van der Waals surface area (Å²) in [5.74, 6) is 5.07. The molecule has 0 saturated heterocycles. The summed E-state index contributed by atoms with van der Waals surface area (Å²) < 4.78 is 0. The lowest BCUT2D eigenvalue weighted by Gasteiger charge is -1.96. The number of aromatic nitrogens is 2. The van der Waals surface area contributed by atoms with E-state index in [1.165, 1.54) is 0 Å². The Bertz CT molecular complexity index is 597. The summed E-state index contributed by atoms with van der Waals surface area (Å²) >= 11 is 0. The first-order valence-corrected chi connectivity index (χ1v) is 4.95. The molecule has 0 aromatic carbocycles. The molecule has 0 aliphatic carbocycles. The van der Waals surface area contributed by atoms with Crippen molar-refractivity contribution >= 4 is 5.91 Å². The Morgan fingerprint density at radius 3 is 2.59 bits per heavy atom. The molecule has 2 rings (SSSR count). The first-order chi connectivity index (χ1) is 8.27. The molecule has 2 aromatic rings. The highest BCUT2D eigenvalue weighted by Gasteiger charge is 2.05. The van der Waals surface area contributed by atoms with E-state index >= 15 is 0 Å². The predicted octanol–water partition coefficient (Wildman–Crippen LogP) is 0.975. The standard InChI is InChI=1S/C13H9N3O/c14-13(17)11-5-3-9-16-12(11)7-6-10-4-1-2-8-15-10/h1-5,8-9H,(H2,14,17). The molecule has 2 N–H and O–H groups in total. The van der Waals surface area contributed by atoms with Gasteiger partial charge in [-0.05, 0) is 36.1 Å². The molecular weight excluding hydrogens is 214 g/mol. The molecule has 4 heteroatoms. The van der Waals surface area contributed by atoms with E-state index in [-0.39, 0.29) is 0 Å². The number of hydrogen-bond donors (Lipinski definition) is 1. The van der Waals surface area contributed by atoms with Crippen LogP contribution in [0.4, 0.5) is 0 Å². The highest BCUT2D eigenvalue weighted by molar-refractivity contribution is 5.94. The van der Waals surface area contributed by atoms with Crippen molar-refractivity contribution in [2.75, 3.05) is 0 Å². The summed E-state index contributed by atoms with van der Waals surface area (Å²) in [6.45, 7) is 0. The maximum Gasteiger partial charge on any atom is 0.251 e. The fourth-order valence-electron chi connectivity index (χ4n) is 1.26. The van der Waals surface area contributed by atoms with Crippen molar-refractivity contribution in [2.24, 2.45) is 5.73 Å². The zero-order valence-electron chi connectivity index (χ0n) is 8.92. The Labute approximate surface area is 98.5 Å². The number of hydrogen-bond acceptors (Lipinski definition) is 3. The average molecular weight is 223 g/mol. The van der Waals surface area contributed by atoms with Gasteiger partial charge in [0.15, 0.2) is 0 Å². The summed E-state index contributed by atoms with van der Waals surface area (Å²) in [5, 5.41) is 0. The minimum absolute atomic E-state index is 0.316. The lowest BCUT2D eigenvalue weighted by atomic mass is 10.2. The van der Waals surface area contributed by atoms with Crippen LogP contribution >= 0.6 is 0 Å². The van der Waals surface area contributed by atoms with Crippen molar-refractivity contribution in [3.8, 4) is 11.8 Å². The van der Waals surface area contributed by atoms with E-state index in [4.69, 9.17) is 5.73 Å². The number of carbonyl (C=O) groups is 1. The summed E-state index contributed by atoms with van der Waals surface area (Å²) in [5.41, 5.74) is 6.52. The number of pyridine rings is 2. The van der Waals surface area contributed by atoms with Crippen molar-refractivity contribution in [3.05, 3.63) is 59.7 Å². The maximum absolute atomic E-state index is 11.1. The average Bonchev–Trinajstić information content (AvgIpc) is 2.38. The van der Waals surface area contributed by atoms with E-state index in [0.717, 1.165) is 0 Å². The fourth-order valence-corrected chi connectivity index (χ4v) is 1.26. The summed E-state index contributed by atoms with van der Waals surface area (Å²) in [7, 11) is 0. The minimum atomic E-state index is -0.538. The number of nitrogens with two attached hydrogens (primary N) is 1. The lowest BCUT2D eigenvalue weighted by molar-refractivity contribution is 0.0999. The van der Waals surface area contributed by atoms with E-state index in [0.29, 0.717) is 17.0 Å². The van der Waals surface area contributed by atoms with Crippen molar-refractivity contribution < 1.29 is 4.79 Å². The maximum atomic E-state index is 11.1. The van der Waals surface area contributed by atoms with E-state index in [1.807, 2.05) is 6.07 Å². The molecule has 0 aliphatic rings. The third-order valence-electron chi connectivity index (χ3n) is 2.05. The van der Waals surface area contributed by atoms with E-state index in [2.05, 4.69) is 21.8 Å². The van der Waals surface area contributed by atoms with Crippen LogP contribution in [0.1, 0.15) is 21.7 Å². The van der Waals surface area contributed by atoms with Crippen LogP contribution < -0.4 is 5.73 Å². The van der Waals surface area contributed by atoms with Crippen molar-refractivity contribution in [1.29, 1.82) is 0 Å². The third-order valence-corrected chi connectivity index (χ3v) is 2.05. The van der Waals surface area contributed by atoms with Gasteiger partial charge in [0.2, 0.25) is 0 Å². The van der Waals surface area contributed by atoms with Crippen LogP contribution in [0, 0.1) is 11.8 Å². The Morgan fingerprint density at radius 2 is 1.88 bits per heavy atom.